The Hall–Kier alpha value is 11.3. The number of halogens is 39. The minimum absolute atomic E-state index is 1.53. The Bertz CT molecular complexity index is 1470. The summed E-state index contributed by atoms with van der Waals surface area (Å²) >= 11 is 257. The molecule has 0 aliphatic heterocycles. The van der Waals surface area contributed by atoms with E-state index in [1.165, 1.54) is 0 Å². The molecule has 39 heteroatoms. The van der Waals surface area contributed by atoms with Gasteiger partial charge < -0.3 is 0 Å². The Morgan fingerprint density at radius 3 is 0.288 bits per heavy atom. The fourth-order valence-electron chi connectivity index (χ4n) is 3.82. The molecule has 1 rings (SSSR count). The molecular formula is C20Cl39. The van der Waals surface area contributed by atoms with Crippen molar-refractivity contribution in [3.63, 3.8) is 0 Å². The number of hydrogen-bond acceptors (Lipinski definition) is 0. The first kappa shape index (κ1) is 68.3. The molecule has 0 N–H and O–H groups in total. The third kappa shape index (κ3) is 9.14. The third-order valence-corrected chi connectivity index (χ3v) is 36.7. The van der Waals surface area contributed by atoms with Gasteiger partial charge in [-0.2, -0.15) is 0 Å². The summed E-state index contributed by atoms with van der Waals surface area (Å²) in [6.07, 6.45) is 0. The van der Waals surface area contributed by atoms with E-state index in [-0.39, 0.29) is 0 Å². The van der Waals surface area contributed by atoms with Gasteiger partial charge in [0.05, 0.1) is 0 Å². The van der Waals surface area contributed by atoms with Crippen molar-refractivity contribution in [3.8, 4) is 0 Å². The van der Waals surface area contributed by atoms with Gasteiger partial charge in [-0.1, -0.05) is 441 Å². The van der Waals surface area contributed by atoms with Gasteiger partial charge in [-0.15, -0.1) is 11.6 Å². The van der Waals surface area contributed by atoms with Gasteiger partial charge in [-0.25, -0.2) is 0 Å². The van der Waals surface area contributed by atoms with E-state index in [0.717, 1.165) is 0 Å². The quantitative estimate of drug-likeness (QED) is 0.212. The largest absolute Gasteiger partial charge is 0.189 e. The first-order valence-electron chi connectivity index (χ1n) is 12.4. The van der Waals surface area contributed by atoms with Crippen molar-refractivity contribution in [2.45, 2.75) is 82.3 Å². The molecule has 0 bridgehead atoms. The average molecular weight is 1620 g/mol. The zero-order valence-electron chi connectivity index (χ0n) is 24.7. The van der Waals surface area contributed by atoms with Crippen LogP contribution in [0.4, 0.5) is 0 Å². The SMILES string of the molecule is Cl[C]1C(Cl)(Cl)C(Cl)(Cl)C(Cl)(Cl)C(Cl)(Cl)C(Cl)(Cl)C(Cl)(Cl)C(Cl)(Cl)C(Cl)(Cl)C(Cl)(Cl)C(Cl)(Cl)C(Cl)(Cl)C(Cl)(Cl)C(Cl)(Cl)C(Cl)(Cl)C(Cl)(Cl)C(Cl)(Cl)C(Cl)(Cl)C(Cl)(Cl)C1(Cl)Cl. The molecule has 1 radical (unpaired) electrons. The summed E-state index contributed by atoms with van der Waals surface area (Å²) in [7, 11) is 0. The molecular weight excluding hydrogens is 1620 g/mol. The van der Waals surface area contributed by atoms with E-state index in [1.807, 2.05) is 0 Å². The predicted octanol–water partition coefficient (Wildman–Crippen LogP) is 23.1. The van der Waals surface area contributed by atoms with E-state index < -0.39 is 87.7 Å². The molecule has 0 heterocycles. The lowest BCUT2D eigenvalue weighted by atomic mass is 9.94. The van der Waals surface area contributed by atoms with Crippen molar-refractivity contribution in [2.24, 2.45) is 0 Å². The molecule has 0 amide bonds. The van der Waals surface area contributed by atoms with Crippen molar-refractivity contribution in [1.82, 2.24) is 0 Å². The summed E-state index contributed by atoms with van der Waals surface area (Å²) in [5.74, 6) is 0. The fraction of sp³-hybridized carbons (Fsp3) is 0.950. The van der Waals surface area contributed by atoms with E-state index >= 15 is 0 Å². The van der Waals surface area contributed by atoms with Crippen LogP contribution in [0, 0.1) is 5.38 Å². The van der Waals surface area contributed by atoms with Crippen molar-refractivity contribution >= 4 is 452 Å². The summed E-state index contributed by atoms with van der Waals surface area (Å²) in [6.45, 7) is 0. The molecule has 59 heavy (non-hydrogen) atoms. The van der Waals surface area contributed by atoms with Gasteiger partial charge in [0.15, 0.2) is 82.3 Å². The maximum atomic E-state index is 6.61. The van der Waals surface area contributed by atoms with Gasteiger partial charge in [0.25, 0.3) is 0 Å². The van der Waals surface area contributed by atoms with Crippen LogP contribution < -0.4 is 0 Å². The topological polar surface area (TPSA) is 0 Å². The van der Waals surface area contributed by atoms with Crippen molar-refractivity contribution in [1.29, 1.82) is 0 Å². The summed E-state index contributed by atoms with van der Waals surface area (Å²) in [5.41, 5.74) is 0. The number of rotatable bonds is 0. The molecule has 1 aliphatic rings. The van der Waals surface area contributed by atoms with Gasteiger partial charge >= 0.3 is 0 Å². The molecule has 0 nitrogen and oxygen atoms in total. The van der Waals surface area contributed by atoms with Crippen LogP contribution in [0.15, 0.2) is 0 Å². The second-order valence-electron chi connectivity index (χ2n) is 11.2. The zero-order chi connectivity index (χ0) is 49.1. The van der Waals surface area contributed by atoms with Crippen LogP contribution in [0.25, 0.3) is 0 Å². The number of alkyl halides is 38. The third-order valence-electron chi connectivity index (χ3n) is 7.65. The first-order valence-corrected chi connectivity index (χ1v) is 27.1. The summed E-state index contributed by atoms with van der Waals surface area (Å²) in [5, 5.41) is -1.53. The van der Waals surface area contributed by atoms with Crippen molar-refractivity contribution < 1.29 is 0 Å². The highest BCUT2D eigenvalue weighted by Crippen LogP contribution is 2.80. The summed E-state index contributed by atoms with van der Waals surface area (Å²) in [6, 6.07) is 0. The van der Waals surface area contributed by atoms with E-state index in [1.54, 1.807) is 0 Å². The second-order valence-corrected chi connectivity index (χ2v) is 36.8. The smallest absolute Gasteiger partial charge is 0.110 e. The van der Waals surface area contributed by atoms with E-state index in [9.17, 15) is 0 Å². The summed E-state index contributed by atoms with van der Waals surface area (Å²) < 4.78 is -69.8. The van der Waals surface area contributed by atoms with E-state index in [2.05, 4.69) is 0 Å². The lowest BCUT2D eigenvalue weighted by Gasteiger charge is -2.60. The minimum atomic E-state index is -3.73. The number of hydrogen-bond donors (Lipinski definition) is 0. The molecule has 0 saturated heterocycles. The molecule has 1 fully saturated rings. The predicted molar refractivity (Wildman–Crippen MR) is 283 cm³/mol. The highest BCUT2D eigenvalue weighted by Gasteiger charge is 2.90. The highest BCUT2D eigenvalue weighted by molar-refractivity contribution is 6.86. The average Bonchev–Trinajstić information content (AvgIpc) is 3.01. The lowest BCUT2D eigenvalue weighted by molar-refractivity contribution is 0.382. The normalized spacial score (nSPS) is 33.8. The maximum absolute atomic E-state index is 6.61. The Kier molecular flexibility index (Phi) is 22.7. The van der Waals surface area contributed by atoms with E-state index in [4.69, 9.17) is 452 Å². The van der Waals surface area contributed by atoms with Gasteiger partial charge in [-0.05, 0) is 0 Å². The van der Waals surface area contributed by atoms with Crippen LogP contribution in [0.5, 0.6) is 0 Å². The molecule has 0 aromatic rings. The first-order chi connectivity index (χ1) is 24.7. The molecule has 0 aromatic heterocycles. The Balaban J connectivity index is 4.95. The highest BCUT2D eigenvalue weighted by atomic mass is 35.6. The van der Waals surface area contributed by atoms with Crippen LogP contribution in [0.2, 0.25) is 0 Å². The molecule has 0 spiro atoms. The van der Waals surface area contributed by atoms with Gasteiger partial charge in [0.1, 0.15) is 5.38 Å². The molecule has 0 aromatic carbocycles. The maximum Gasteiger partial charge on any atom is 0.189 e. The molecule has 1 saturated carbocycles. The second kappa shape index (κ2) is 19.6. The fourth-order valence-corrected chi connectivity index (χ4v) is 18.4. The van der Waals surface area contributed by atoms with Crippen LogP contribution in [-0.4, -0.2) is 82.3 Å². The van der Waals surface area contributed by atoms with Crippen LogP contribution in [0.3, 0.4) is 0 Å². The Labute approximate surface area is 530 Å². The Morgan fingerprint density at radius 1 is 0.136 bits per heavy atom. The van der Waals surface area contributed by atoms with E-state index in [0.29, 0.717) is 0 Å². The van der Waals surface area contributed by atoms with Gasteiger partial charge in [0, 0.05) is 0 Å². The molecule has 0 atom stereocenters. The zero-order valence-corrected chi connectivity index (χ0v) is 54.2. The van der Waals surface area contributed by atoms with Crippen LogP contribution in [0.1, 0.15) is 0 Å². The van der Waals surface area contributed by atoms with Crippen molar-refractivity contribution in [3.05, 3.63) is 5.38 Å². The molecule has 1 aliphatic carbocycles. The summed E-state index contributed by atoms with van der Waals surface area (Å²) in [4.78, 5) is 0. The standard InChI is InChI=1S/C20Cl39/c21-1-2(22,23)4(26,27)6(30,31)8(34,35)10(38,39)12(42,43)14(46,47)16(50,51)18(54,55)20(58,59)19(56,57)17(52,53)15(48,49)13(44,45)11(40,41)9(36,37)7(32,33)5(28,29)3(1,24)25. The monoisotopic (exact) mass is 1600 g/mol. The molecule has 0 unspecified atom stereocenters. The van der Waals surface area contributed by atoms with Crippen LogP contribution in [-0.2, 0) is 0 Å². The van der Waals surface area contributed by atoms with Gasteiger partial charge in [-0.3, -0.25) is 0 Å². The minimum Gasteiger partial charge on any atom is -0.110 e. The Morgan fingerprint density at radius 2 is 0.203 bits per heavy atom. The lowest BCUT2D eigenvalue weighted by Crippen LogP contribution is -2.77. The van der Waals surface area contributed by atoms with Gasteiger partial charge in [0.2, 0.25) is 0 Å². The molecule has 353 valence electrons. The van der Waals surface area contributed by atoms with Crippen LogP contribution >= 0.6 is 452 Å². The van der Waals surface area contributed by atoms with Crippen molar-refractivity contribution in [2.75, 3.05) is 0 Å².